The third-order valence-corrected chi connectivity index (χ3v) is 6.69. The van der Waals surface area contributed by atoms with Crippen molar-refractivity contribution in [1.82, 2.24) is 9.88 Å². The van der Waals surface area contributed by atoms with Crippen LogP contribution in [0.4, 0.5) is 8.78 Å². The number of carbonyl (C=O) groups excluding carboxylic acids is 1. The molecule has 0 atom stereocenters. The molecule has 0 saturated heterocycles. The molecule has 179 valence electrons. The summed E-state index contributed by atoms with van der Waals surface area (Å²) in [5.74, 6) is -2.49. The second-order valence-electron chi connectivity index (χ2n) is 8.96. The Bertz CT molecular complexity index is 1230. The largest absolute Gasteiger partial charge is 0.439 e. The number of aromatic nitrogens is 1. The van der Waals surface area contributed by atoms with E-state index in [0.717, 1.165) is 21.8 Å². The molecule has 3 rings (SSSR count). The number of hydrogen-bond acceptors (Lipinski definition) is 4. The second kappa shape index (κ2) is 10.2. The Morgan fingerprint density at radius 1 is 1.15 bits per heavy atom. The molecule has 1 radical (unpaired) electrons. The molecule has 0 fully saturated rings. The summed E-state index contributed by atoms with van der Waals surface area (Å²) < 4.78 is 34.5. The summed E-state index contributed by atoms with van der Waals surface area (Å²) in [6.07, 6.45) is 1.49. The smallest absolute Gasteiger partial charge is 0.341 e. The van der Waals surface area contributed by atoms with Crippen molar-refractivity contribution in [3.05, 3.63) is 86.7 Å². The Morgan fingerprint density at radius 2 is 1.88 bits per heavy atom. The van der Waals surface area contributed by atoms with Gasteiger partial charge >= 0.3 is 7.48 Å². The second-order valence-corrected chi connectivity index (χ2v) is 10.2. The Labute approximate surface area is 201 Å². The molecule has 0 aliphatic carbocycles. The molecule has 1 amide bonds. The Hall–Kier alpha value is -2.82. The minimum Gasteiger partial charge on any atom is -0.439 e. The fourth-order valence-electron chi connectivity index (χ4n) is 2.84. The predicted octanol–water partition coefficient (Wildman–Crippen LogP) is 2.71. The summed E-state index contributed by atoms with van der Waals surface area (Å²) in [7, 11) is 1.61. The average Bonchev–Trinajstić information content (AvgIpc) is 3.22. The number of hydrogen-bond donors (Lipinski definition) is 1. The van der Waals surface area contributed by atoms with Crippen molar-refractivity contribution >= 4 is 29.5 Å². The molecule has 0 spiro atoms. The van der Waals surface area contributed by atoms with Crippen LogP contribution in [0.25, 0.3) is 0 Å². The molecule has 34 heavy (non-hydrogen) atoms. The fraction of sp³-hybridized carbons (Fsp3) is 0.333. The van der Waals surface area contributed by atoms with Crippen molar-refractivity contribution in [3.8, 4) is 0 Å². The van der Waals surface area contributed by atoms with Gasteiger partial charge in [0.25, 0.3) is 11.5 Å². The molecular formula is C24H27BF2N2O4S+. The maximum absolute atomic E-state index is 13.5. The zero-order valence-corrected chi connectivity index (χ0v) is 20.3. The van der Waals surface area contributed by atoms with Gasteiger partial charge in [0.2, 0.25) is 0 Å². The lowest BCUT2D eigenvalue weighted by atomic mass is 9.86. The van der Waals surface area contributed by atoms with Crippen molar-refractivity contribution < 1.29 is 23.3 Å². The summed E-state index contributed by atoms with van der Waals surface area (Å²) in [6, 6.07) is 10.1. The Balaban J connectivity index is 1.62. The van der Waals surface area contributed by atoms with E-state index in [-0.39, 0.29) is 18.7 Å². The summed E-state index contributed by atoms with van der Waals surface area (Å²) >= 11 is 1.43. The van der Waals surface area contributed by atoms with Gasteiger partial charge in [-0.15, -0.1) is 0 Å². The number of nitrogens with one attached hydrogen (secondary N) is 1. The van der Waals surface area contributed by atoms with Gasteiger partial charge in [-0.1, -0.05) is 12.1 Å². The van der Waals surface area contributed by atoms with E-state index in [4.69, 9.17) is 9.76 Å². The van der Waals surface area contributed by atoms with E-state index in [1.54, 1.807) is 27.4 Å². The van der Waals surface area contributed by atoms with Crippen LogP contribution in [0.2, 0.25) is 0 Å². The van der Waals surface area contributed by atoms with Gasteiger partial charge in [-0.2, -0.15) is 11.3 Å². The fourth-order valence-corrected chi connectivity index (χ4v) is 3.65. The van der Waals surface area contributed by atoms with E-state index in [9.17, 15) is 18.4 Å². The average molecular weight is 488 g/mol. The minimum absolute atomic E-state index is 0.00669. The van der Waals surface area contributed by atoms with Crippen LogP contribution in [0, 0.1) is 11.6 Å². The van der Waals surface area contributed by atoms with Gasteiger partial charge in [0, 0.05) is 24.9 Å². The number of thiophene rings is 1. The van der Waals surface area contributed by atoms with Crippen molar-refractivity contribution in [2.24, 2.45) is 0 Å². The van der Waals surface area contributed by atoms with E-state index >= 15 is 0 Å². The van der Waals surface area contributed by atoms with Crippen LogP contribution in [0.5, 0.6) is 0 Å². The zero-order chi connectivity index (χ0) is 25.1. The Morgan fingerprint density at radius 3 is 2.56 bits per heavy atom. The molecule has 0 bridgehead atoms. The van der Waals surface area contributed by atoms with Gasteiger partial charge in [0.05, 0.1) is 13.1 Å². The van der Waals surface area contributed by atoms with Gasteiger partial charge in [-0.05, 0) is 54.5 Å². The van der Waals surface area contributed by atoms with Crippen molar-refractivity contribution in [2.75, 3.05) is 0 Å². The highest BCUT2D eigenvalue weighted by Crippen LogP contribution is 2.24. The minimum atomic E-state index is -0.996. The quantitative estimate of drug-likeness (QED) is 0.372. The van der Waals surface area contributed by atoms with Gasteiger partial charge in [-0.3, -0.25) is 9.59 Å². The van der Waals surface area contributed by atoms with Gasteiger partial charge in [0.15, 0.2) is 17.2 Å². The van der Waals surface area contributed by atoms with Crippen LogP contribution in [0.3, 0.4) is 0 Å². The molecular weight excluding hydrogens is 461 g/mol. The monoisotopic (exact) mass is 488 g/mol. The lowest BCUT2D eigenvalue weighted by molar-refractivity contribution is -0.0892. The van der Waals surface area contributed by atoms with E-state index in [0.29, 0.717) is 5.56 Å². The standard InChI is InChI=1S/C24H26BF2N2O4S/c1-23(2,32)24(3,4)33-25-20-10-8-16(34-20)13-28-21(30)17-6-5-11-29(22(17)31)14-15-7-9-18(26)19(27)12-15/h5-12,32H,13-14H2,1-4H3,(H,28,30)/p+1. The van der Waals surface area contributed by atoms with E-state index < -0.39 is 34.3 Å². The summed E-state index contributed by atoms with van der Waals surface area (Å²) in [5, 5.41) is 10.9. The number of halogens is 2. The maximum atomic E-state index is 13.5. The molecule has 1 aromatic carbocycles. The summed E-state index contributed by atoms with van der Waals surface area (Å²) in [4.78, 5) is 26.2. The SMILES string of the molecule is CC(C)([OH2+])C(C)(C)O[B]c1ccc(CNC(=O)c2cccn(Cc3ccc(F)c(F)c3)c2=O)s1. The zero-order valence-electron chi connectivity index (χ0n) is 19.4. The number of rotatable bonds is 9. The predicted molar refractivity (Wildman–Crippen MR) is 130 cm³/mol. The Kier molecular flexibility index (Phi) is 7.75. The third-order valence-electron chi connectivity index (χ3n) is 5.68. The van der Waals surface area contributed by atoms with Crippen molar-refractivity contribution in [3.63, 3.8) is 0 Å². The van der Waals surface area contributed by atoms with Crippen molar-refractivity contribution in [2.45, 2.75) is 52.0 Å². The number of amides is 1. The topological polar surface area (TPSA) is 83.2 Å². The number of carbonyl (C=O) groups is 1. The lowest BCUT2D eigenvalue weighted by Crippen LogP contribution is -2.49. The van der Waals surface area contributed by atoms with E-state index in [1.807, 2.05) is 26.0 Å². The third kappa shape index (κ3) is 6.19. The van der Waals surface area contributed by atoms with Crippen LogP contribution in [-0.4, -0.2) is 34.3 Å². The van der Waals surface area contributed by atoms with E-state index in [2.05, 4.69) is 5.32 Å². The first-order valence-electron chi connectivity index (χ1n) is 10.6. The van der Waals surface area contributed by atoms with Crippen LogP contribution in [0.15, 0.2) is 53.5 Å². The molecule has 3 N–H and O–H groups in total. The highest BCUT2D eigenvalue weighted by atomic mass is 32.1. The normalized spacial score (nSPS) is 12.0. The van der Waals surface area contributed by atoms with E-state index in [1.165, 1.54) is 34.2 Å². The molecule has 2 aromatic heterocycles. The molecule has 0 unspecified atom stereocenters. The first-order valence-corrected chi connectivity index (χ1v) is 11.5. The molecule has 0 aliphatic rings. The molecule has 10 heteroatoms. The number of benzene rings is 1. The number of pyridine rings is 1. The molecule has 3 aromatic rings. The molecule has 0 saturated carbocycles. The molecule has 2 heterocycles. The van der Waals surface area contributed by atoms with Gasteiger partial charge in [-0.25, -0.2) is 8.78 Å². The first-order chi connectivity index (χ1) is 15.9. The summed E-state index contributed by atoms with van der Waals surface area (Å²) in [5.41, 5.74) is -1.64. The molecule has 0 aliphatic heterocycles. The van der Waals surface area contributed by atoms with Gasteiger partial charge < -0.3 is 19.6 Å². The molecule has 6 nitrogen and oxygen atoms in total. The highest BCUT2D eigenvalue weighted by Gasteiger charge is 2.40. The van der Waals surface area contributed by atoms with Crippen LogP contribution in [0.1, 0.15) is 48.5 Å². The van der Waals surface area contributed by atoms with Crippen molar-refractivity contribution in [1.29, 1.82) is 0 Å². The summed E-state index contributed by atoms with van der Waals surface area (Å²) in [6.45, 7) is 7.50. The highest BCUT2D eigenvalue weighted by molar-refractivity contribution is 7.21. The maximum Gasteiger partial charge on any atom is 0.341 e. The van der Waals surface area contributed by atoms with Crippen LogP contribution in [-0.2, 0) is 17.7 Å². The van der Waals surface area contributed by atoms with Gasteiger partial charge in [0.1, 0.15) is 11.2 Å². The van der Waals surface area contributed by atoms with Crippen LogP contribution >= 0.6 is 11.3 Å². The van der Waals surface area contributed by atoms with Crippen LogP contribution < -0.4 is 15.7 Å². The number of nitrogens with zero attached hydrogens (tertiary/aromatic N) is 1. The lowest BCUT2D eigenvalue weighted by Gasteiger charge is -2.33. The first kappa shape index (κ1) is 25.8.